The number of aromatic carboxylic acids is 1. The van der Waals surface area contributed by atoms with Crippen molar-refractivity contribution >= 4 is 33.9 Å². The second kappa shape index (κ2) is 4.37. The molecular formula is C15H15N3O3. The molecule has 1 amide bonds. The normalized spacial score (nSPS) is 11.2. The van der Waals surface area contributed by atoms with Gasteiger partial charge in [0.05, 0.1) is 16.6 Å². The summed E-state index contributed by atoms with van der Waals surface area (Å²) in [5, 5.41) is 10.2. The average Bonchev–Trinajstić information content (AvgIpc) is 2.96. The monoisotopic (exact) mass is 285 g/mol. The minimum Gasteiger partial charge on any atom is -0.477 e. The van der Waals surface area contributed by atoms with Crippen LogP contribution in [0.2, 0.25) is 0 Å². The number of benzene rings is 1. The number of para-hydroxylation sites is 1. The zero-order chi connectivity index (χ0) is 15.3. The highest BCUT2D eigenvalue weighted by Gasteiger charge is 2.24. The van der Waals surface area contributed by atoms with Crippen LogP contribution >= 0.6 is 0 Å². The average molecular weight is 285 g/mol. The smallest absolute Gasteiger partial charge is 0.353 e. The van der Waals surface area contributed by atoms with E-state index >= 15 is 0 Å². The van der Waals surface area contributed by atoms with Crippen LogP contribution in [0.25, 0.3) is 21.9 Å². The number of carboxylic acid groups (broad SMARTS) is 1. The van der Waals surface area contributed by atoms with E-state index in [0.29, 0.717) is 5.52 Å². The van der Waals surface area contributed by atoms with Crippen molar-refractivity contribution in [3.63, 3.8) is 0 Å². The van der Waals surface area contributed by atoms with Crippen molar-refractivity contribution in [1.29, 1.82) is 0 Å². The molecule has 0 unspecified atom stereocenters. The summed E-state index contributed by atoms with van der Waals surface area (Å²) in [6, 6.07) is 8.79. The fourth-order valence-corrected chi connectivity index (χ4v) is 2.66. The Morgan fingerprint density at radius 3 is 2.43 bits per heavy atom. The van der Waals surface area contributed by atoms with Crippen LogP contribution in [-0.4, -0.2) is 45.2 Å². The van der Waals surface area contributed by atoms with E-state index in [1.54, 1.807) is 20.2 Å². The van der Waals surface area contributed by atoms with E-state index in [-0.39, 0.29) is 11.7 Å². The first-order chi connectivity index (χ1) is 9.93. The molecule has 0 aliphatic heterocycles. The van der Waals surface area contributed by atoms with Gasteiger partial charge in [-0.1, -0.05) is 18.2 Å². The van der Waals surface area contributed by atoms with E-state index in [1.807, 2.05) is 35.9 Å². The summed E-state index contributed by atoms with van der Waals surface area (Å²) in [7, 11) is 5.07. The van der Waals surface area contributed by atoms with Gasteiger partial charge in [-0.15, -0.1) is 0 Å². The molecule has 0 aliphatic carbocycles. The Kier molecular flexibility index (Phi) is 2.76. The van der Waals surface area contributed by atoms with E-state index in [1.165, 1.54) is 9.47 Å². The molecule has 1 aromatic carbocycles. The summed E-state index contributed by atoms with van der Waals surface area (Å²) in [6.07, 6.45) is 0. The molecule has 6 nitrogen and oxygen atoms in total. The van der Waals surface area contributed by atoms with Crippen molar-refractivity contribution in [2.45, 2.75) is 0 Å². The molecule has 0 saturated carbocycles. The number of fused-ring (bicyclic) bond motifs is 3. The molecule has 2 heterocycles. The van der Waals surface area contributed by atoms with Crippen LogP contribution in [0, 0.1) is 0 Å². The van der Waals surface area contributed by atoms with E-state index in [0.717, 1.165) is 16.4 Å². The minimum absolute atomic E-state index is 0.0277. The highest BCUT2D eigenvalue weighted by atomic mass is 16.4. The quantitative estimate of drug-likeness (QED) is 0.746. The number of carbonyl (C=O) groups excluding carboxylic acids is 1. The second-order valence-electron chi connectivity index (χ2n) is 5.16. The van der Waals surface area contributed by atoms with Crippen molar-refractivity contribution in [1.82, 2.24) is 14.0 Å². The van der Waals surface area contributed by atoms with Gasteiger partial charge in [-0.2, -0.15) is 0 Å². The standard InChI is InChI=1S/C15H15N3O3/c1-16(2)15(21)18-12(14(19)20)8-11-13(18)9-6-4-5-7-10(9)17(11)3/h4-8H,1-3H3,(H,19,20). The van der Waals surface area contributed by atoms with E-state index in [4.69, 9.17) is 0 Å². The zero-order valence-corrected chi connectivity index (χ0v) is 12.0. The van der Waals surface area contributed by atoms with Gasteiger partial charge in [0.2, 0.25) is 0 Å². The molecule has 1 N–H and O–H groups in total. The third-order valence-electron chi connectivity index (χ3n) is 3.66. The van der Waals surface area contributed by atoms with Gasteiger partial charge in [0.25, 0.3) is 0 Å². The number of carboxylic acids is 1. The van der Waals surface area contributed by atoms with Crippen molar-refractivity contribution in [3.05, 3.63) is 36.0 Å². The second-order valence-corrected chi connectivity index (χ2v) is 5.16. The van der Waals surface area contributed by atoms with Gasteiger partial charge in [0, 0.05) is 26.5 Å². The van der Waals surface area contributed by atoms with Crippen LogP contribution < -0.4 is 0 Å². The topological polar surface area (TPSA) is 67.5 Å². The summed E-state index contributed by atoms with van der Waals surface area (Å²) in [4.78, 5) is 25.2. The van der Waals surface area contributed by atoms with Crippen LogP contribution in [-0.2, 0) is 7.05 Å². The molecule has 0 fully saturated rings. The summed E-state index contributed by atoms with van der Waals surface area (Å²) < 4.78 is 3.16. The fraction of sp³-hybridized carbons (Fsp3) is 0.200. The highest BCUT2D eigenvalue weighted by Crippen LogP contribution is 2.31. The molecule has 3 rings (SSSR count). The summed E-state index contributed by atoms with van der Waals surface area (Å²) in [6.45, 7) is 0. The van der Waals surface area contributed by atoms with Gasteiger partial charge >= 0.3 is 12.0 Å². The molecule has 0 saturated heterocycles. The van der Waals surface area contributed by atoms with Gasteiger partial charge in [-0.25, -0.2) is 9.59 Å². The Morgan fingerprint density at radius 2 is 1.81 bits per heavy atom. The lowest BCUT2D eigenvalue weighted by molar-refractivity contribution is 0.0686. The van der Waals surface area contributed by atoms with Crippen LogP contribution in [0.1, 0.15) is 10.5 Å². The van der Waals surface area contributed by atoms with Gasteiger partial charge in [0.15, 0.2) is 0 Å². The summed E-state index contributed by atoms with van der Waals surface area (Å²) >= 11 is 0. The molecule has 0 aliphatic rings. The third kappa shape index (κ3) is 1.72. The van der Waals surface area contributed by atoms with Crippen LogP contribution in [0.5, 0.6) is 0 Å². The van der Waals surface area contributed by atoms with Crippen LogP contribution in [0.4, 0.5) is 4.79 Å². The molecule has 3 aromatic rings. The summed E-state index contributed by atoms with van der Waals surface area (Å²) in [5.41, 5.74) is 2.28. The van der Waals surface area contributed by atoms with Crippen LogP contribution in [0.3, 0.4) is 0 Å². The highest BCUT2D eigenvalue weighted by molar-refractivity contribution is 6.13. The van der Waals surface area contributed by atoms with Gasteiger partial charge < -0.3 is 14.6 Å². The largest absolute Gasteiger partial charge is 0.477 e. The first-order valence-electron chi connectivity index (χ1n) is 6.47. The maximum Gasteiger partial charge on any atom is 0.353 e. The number of aryl methyl sites for hydroxylation is 1. The minimum atomic E-state index is -1.12. The Balaban J connectivity index is 2.52. The van der Waals surface area contributed by atoms with Gasteiger partial charge in [0.1, 0.15) is 5.69 Å². The fourth-order valence-electron chi connectivity index (χ4n) is 2.66. The SMILES string of the molecule is CN(C)C(=O)n1c(C(=O)O)cc2c1c1ccccc1n2C. The van der Waals surface area contributed by atoms with Crippen LogP contribution in [0.15, 0.2) is 30.3 Å². The third-order valence-corrected chi connectivity index (χ3v) is 3.66. The zero-order valence-electron chi connectivity index (χ0n) is 12.0. The van der Waals surface area contributed by atoms with Crippen molar-refractivity contribution < 1.29 is 14.7 Å². The van der Waals surface area contributed by atoms with Crippen molar-refractivity contribution in [3.8, 4) is 0 Å². The predicted octanol–water partition coefficient (Wildman–Crippen LogP) is 2.36. The van der Waals surface area contributed by atoms with E-state index < -0.39 is 5.97 Å². The molecule has 21 heavy (non-hydrogen) atoms. The molecule has 0 radical (unpaired) electrons. The molecule has 2 aromatic heterocycles. The van der Waals surface area contributed by atoms with Crippen molar-refractivity contribution in [2.75, 3.05) is 14.1 Å². The lowest BCUT2D eigenvalue weighted by Gasteiger charge is -2.13. The van der Waals surface area contributed by atoms with Crippen molar-refractivity contribution in [2.24, 2.45) is 7.05 Å². The van der Waals surface area contributed by atoms with E-state index in [2.05, 4.69) is 0 Å². The molecule has 0 bridgehead atoms. The maximum absolute atomic E-state index is 12.4. The van der Waals surface area contributed by atoms with Gasteiger partial charge in [-0.05, 0) is 12.1 Å². The van der Waals surface area contributed by atoms with Gasteiger partial charge in [-0.3, -0.25) is 4.57 Å². The Bertz CT molecular complexity index is 886. The maximum atomic E-state index is 12.4. The number of amides is 1. The number of nitrogens with zero attached hydrogens (tertiary/aromatic N) is 3. The Labute approximate surface area is 120 Å². The first-order valence-corrected chi connectivity index (χ1v) is 6.47. The Morgan fingerprint density at radius 1 is 1.14 bits per heavy atom. The number of hydrogen-bond acceptors (Lipinski definition) is 2. The molecule has 6 heteroatoms. The molecule has 0 atom stereocenters. The lowest BCUT2D eigenvalue weighted by Crippen LogP contribution is -2.29. The number of hydrogen-bond donors (Lipinski definition) is 1. The first kappa shape index (κ1) is 13.2. The predicted molar refractivity (Wildman–Crippen MR) is 79.9 cm³/mol. The Hall–Kier alpha value is -2.76. The summed E-state index contributed by atoms with van der Waals surface area (Å²) in [5.74, 6) is -1.12. The molecule has 0 spiro atoms. The number of rotatable bonds is 1. The lowest BCUT2D eigenvalue weighted by atomic mass is 10.2. The molecular weight excluding hydrogens is 270 g/mol. The van der Waals surface area contributed by atoms with E-state index in [9.17, 15) is 14.7 Å². The molecule has 108 valence electrons. The number of carbonyl (C=O) groups is 2. The number of aromatic nitrogens is 2.